The van der Waals surface area contributed by atoms with Crippen molar-refractivity contribution in [3.8, 4) is 0 Å². The zero-order chi connectivity index (χ0) is 19.5. The van der Waals surface area contributed by atoms with Gasteiger partial charge >= 0.3 is 5.97 Å². The van der Waals surface area contributed by atoms with Crippen molar-refractivity contribution in [3.05, 3.63) is 35.4 Å². The zero-order valence-electron chi connectivity index (χ0n) is 15.4. The van der Waals surface area contributed by atoms with E-state index in [0.29, 0.717) is 31.0 Å². The van der Waals surface area contributed by atoms with Crippen LogP contribution in [0.2, 0.25) is 0 Å². The summed E-state index contributed by atoms with van der Waals surface area (Å²) in [5.74, 6) is -0.875. The lowest BCUT2D eigenvalue weighted by Crippen LogP contribution is -2.57. The summed E-state index contributed by atoms with van der Waals surface area (Å²) >= 11 is 0. The van der Waals surface area contributed by atoms with Crippen LogP contribution in [-0.4, -0.2) is 55.2 Å². The Kier molecular flexibility index (Phi) is 6.08. The Balaban J connectivity index is 1.97. The van der Waals surface area contributed by atoms with Gasteiger partial charge in [0.15, 0.2) is 0 Å². The van der Waals surface area contributed by atoms with Gasteiger partial charge in [0.2, 0.25) is 15.9 Å². The van der Waals surface area contributed by atoms with Crippen molar-refractivity contribution < 1.29 is 23.1 Å². The Morgan fingerprint density at radius 3 is 2.35 bits per heavy atom. The lowest BCUT2D eigenvalue weighted by atomic mass is 9.88. The molecule has 7 nitrogen and oxygen atoms in total. The van der Waals surface area contributed by atoms with Gasteiger partial charge in [-0.1, -0.05) is 18.2 Å². The largest absolute Gasteiger partial charge is 0.478 e. The van der Waals surface area contributed by atoms with Crippen LogP contribution in [0.1, 0.15) is 42.6 Å². The van der Waals surface area contributed by atoms with Crippen LogP contribution in [0.25, 0.3) is 0 Å². The number of hydrogen-bond acceptors (Lipinski definition) is 4. The second-order valence-corrected chi connectivity index (χ2v) is 9.15. The maximum atomic E-state index is 12.6. The molecule has 0 aliphatic carbocycles. The Morgan fingerprint density at radius 2 is 1.81 bits per heavy atom. The molecule has 1 amide bonds. The van der Waals surface area contributed by atoms with Crippen LogP contribution in [0, 0.1) is 5.92 Å². The van der Waals surface area contributed by atoms with Gasteiger partial charge in [0, 0.05) is 13.1 Å². The van der Waals surface area contributed by atoms with Crippen molar-refractivity contribution in [2.45, 2.75) is 38.6 Å². The van der Waals surface area contributed by atoms with Crippen LogP contribution >= 0.6 is 0 Å². The molecule has 0 bridgehead atoms. The summed E-state index contributed by atoms with van der Waals surface area (Å²) in [6, 6.07) is 6.99. The van der Waals surface area contributed by atoms with Crippen molar-refractivity contribution in [1.29, 1.82) is 0 Å². The molecule has 2 rings (SSSR count). The minimum Gasteiger partial charge on any atom is -0.478 e. The van der Waals surface area contributed by atoms with E-state index in [1.165, 1.54) is 0 Å². The highest BCUT2D eigenvalue weighted by atomic mass is 32.2. The predicted octanol–water partition coefficient (Wildman–Crippen LogP) is 1.49. The van der Waals surface area contributed by atoms with Crippen molar-refractivity contribution >= 4 is 21.9 Å². The summed E-state index contributed by atoms with van der Waals surface area (Å²) in [6.07, 6.45) is 3.22. The summed E-state index contributed by atoms with van der Waals surface area (Å²) in [5, 5.41) is 9.28. The molecule has 26 heavy (non-hydrogen) atoms. The first-order valence-corrected chi connectivity index (χ1v) is 10.5. The normalized spacial score (nSPS) is 16.5. The molecule has 0 radical (unpaired) electrons. The fourth-order valence-electron chi connectivity index (χ4n) is 3.46. The molecule has 2 N–H and O–H groups in total. The lowest BCUT2D eigenvalue weighted by molar-refractivity contribution is -0.137. The highest BCUT2D eigenvalue weighted by molar-refractivity contribution is 7.88. The number of amides is 1. The highest BCUT2D eigenvalue weighted by Gasteiger charge is 2.36. The third kappa shape index (κ3) is 5.28. The van der Waals surface area contributed by atoms with Gasteiger partial charge in [0.1, 0.15) is 5.54 Å². The first-order chi connectivity index (χ1) is 12.0. The maximum Gasteiger partial charge on any atom is 0.335 e. The third-order valence-electron chi connectivity index (χ3n) is 4.63. The number of rotatable bonds is 6. The van der Waals surface area contributed by atoms with Gasteiger partial charge < -0.3 is 10.0 Å². The van der Waals surface area contributed by atoms with Gasteiger partial charge in [-0.3, -0.25) is 4.79 Å². The SMILES string of the molecule is CC(C)(NS(C)(=O)=O)C(=O)N1CCC(Cc2ccccc2C(=O)O)CC1. The van der Waals surface area contributed by atoms with Crippen molar-refractivity contribution in [2.24, 2.45) is 5.92 Å². The van der Waals surface area contributed by atoms with Crippen LogP contribution < -0.4 is 4.72 Å². The number of sulfonamides is 1. The molecule has 8 heteroatoms. The Hall–Kier alpha value is -1.93. The molecule has 0 atom stereocenters. The highest BCUT2D eigenvalue weighted by Crippen LogP contribution is 2.25. The van der Waals surface area contributed by atoms with Gasteiger partial charge in [0.05, 0.1) is 11.8 Å². The molecular weight excluding hydrogens is 356 g/mol. The number of carboxylic acid groups (broad SMARTS) is 1. The lowest BCUT2D eigenvalue weighted by Gasteiger charge is -2.37. The molecule has 1 heterocycles. The van der Waals surface area contributed by atoms with Crippen LogP contribution in [0.3, 0.4) is 0 Å². The number of nitrogens with one attached hydrogen (secondary N) is 1. The molecular formula is C18H26N2O5S. The minimum atomic E-state index is -3.48. The molecule has 1 fully saturated rings. The number of hydrogen-bond donors (Lipinski definition) is 2. The van der Waals surface area contributed by atoms with Crippen molar-refractivity contribution in [2.75, 3.05) is 19.3 Å². The summed E-state index contributed by atoms with van der Waals surface area (Å²) in [6.45, 7) is 4.19. The summed E-state index contributed by atoms with van der Waals surface area (Å²) in [5.41, 5.74) is -0.0515. The Morgan fingerprint density at radius 1 is 1.23 bits per heavy atom. The molecule has 144 valence electrons. The van der Waals surface area contributed by atoms with Gasteiger partial charge in [-0.05, 0) is 50.7 Å². The molecule has 0 aromatic heterocycles. The molecule has 1 aromatic rings. The molecule has 1 aliphatic rings. The number of carbonyl (C=O) groups is 2. The second-order valence-electron chi connectivity index (χ2n) is 7.40. The van der Waals surface area contributed by atoms with Crippen LogP contribution in [0.15, 0.2) is 24.3 Å². The fourth-order valence-corrected chi connectivity index (χ4v) is 4.47. The molecule has 1 saturated heterocycles. The van der Waals surface area contributed by atoms with E-state index in [-0.39, 0.29) is 5.91 Å². The third-order valence-corrected chi connectivity index (χ3v) is 5.51. The van der Waals surface area contributed by atoms with Crippen molar-refractivity contribution in [1.82, 2.24) is 9.62 Å². The predicted molar refractivity (Wildman–Crippen MR) is 98.5 cm³/mol. The van der Waals surface area contributed by atoms with E-state index in [4.69, 9.17) is 0 Å². The second kappa shape index (κ2) is 7.75. The van der Waals surface area contributed by atoms with Gasteiger partial charge in [-0.2, -0.15) is 0 Å². The number of carboxylic acids is 1. The molecule has 0 spiro atoms. The minimum absolute atomic E-state index is 0.243. The summed E-state index contributed by atoms with van der Waals surface area (Å²) < 4.78 is 25.3. The monoisotopic (exact) mass is 382 g/mol. The van der Waals surface area contributed by atoms with E-state index in [0.717, 1.165) is 24.7 Å². The van der Waals surface area contributed by atoms with E-state index in [9.17, 15) is 23.1 Å². The fraction of sp³-hybridized carbons (Fsp3) is 0.556. The van der Waals surface area contributed by atoms with Crippen LogP contribution in [-0.2, 0) is 21.2 Å². The van der Waals surface area contributed by atoms with E-state index >= 15 is 0 Å². The van der Waals surface area contributed by atoms with Gasteiger partial charge in [-0.15, -0.1) is 0 Å². The smallest absolute Gasteiger partial charge is 0.335 e. The zero-order valence-corrected chi connectivity index (χ0v) is 16.2. The van der Waals surface area contributed by atoms with Gasteiger partial charge in [-0.25, -0.2) is 17.9 Å². The van der Waals surface area contributed by atoms with E-state index in [2.05, 4.69) is 4.72 Å². The van der Waals surface area contributed by atoms with Gasteiger partial charge in [0.25, 0.3) is 0 Å². The molecule has 0 unspecified atom stereocenters. The average molecular weight is 382 g/mol. The first kappa shape index (κ1) is 20.4. The number of piperidine rings is 1. The maximum absolute atomic E-state index is 12.6. The Bertz CT molecular complexity index is 781. The summed E-state index contributed by atoms with van der Waals surface area (Å²) in [4.78, 5) is 25.6. The number of carbonyl (C=O) groups excluding carboxylic acids is 1. The Labute approximate surface area is 154 Å². The van der Waals surface area contributed by atoms with Crippen LogP contribution in [0.4, 0.5) is 0 Å². The van der Waals surface area contributed by atoms with E-state index in [1.807, 2.05) is 12.1 Å². The number of aromatic carboxylic acids is 1. The quantitative estimate of drug-likeness (QED) is 0.776. The van der Waals surface area contributed by atoms with Crippen molar-refractivity contribution in [3.63, 3.8) is 0 Å². The van der Waals surface area contributed by atoms with E-state index in [1.54, 1.807) is 30.9 Å². The molecule has 1 aliphatic heterocycles. The number of likely N-dealkylation sites (tertiary alicyclic amines) is 1. The number of benzene rings is 1. The van der Waals surface area contributed by atoms with Crippen LogP contribution in [0.5, 0.6) is 0 Å². The summed E-state index contributed by atoms with van der Waals surface area (Å²) in [7, 11) is -3.48. The average Bonchev–Trinajstić information content (AvgIpc) is 2.53. The molecule has 1 aromatic carbocycles. The van der Waals surface area contributed by atoms with E-state index < -0.39 is 21.5 Å². The topological polar surface area (TPSA) is 104 Å². The number of nitrogens with zero attached hydrogens (tertiary/aromatic N) is 1. The first-order valence-electron chi connectivity index (χ1n) is 8.59. The standard InChI is InChI=1S/C18H26N2O5S/c1-18(2,19-26(3,24)25)17(23)20-10-8-13(9-11-20)12-14-6-4-5-7-15(14)16(21)22/h4-7,13,19H,8-12H2,1-3H3,(H,21,22). The molecule has 0 saturated carbocycles.